The van der Waals surface area contributed by atoms with Crippen LogP contribution in [0.2, 0.25) is 5.15 Å². The lowest BCUT2D eigenvalue weighted by Crippen LogP contribution is -2.37. The molecule has 0 aliphatic carbocycles. The number of halogens is 1. The highest BCUT2D eigenvalue weighted by Gasteiger charge is 2.17. The Labute approximate surface area is 110 Å². The van der Waals surface area contributed by atoms with Gasteiger partial charge in [-0.05, 0) is 18.6 Å². The molecule has 1 aromatic heterocycles. The van der Waals surface area contributed by atoms with Crippen molar-refractivity contribution in [2.75, 3.05) is 17.3 Å². The van der Waals surface area contributed by atoms with E-state index in [4.69, 9.17) is 17.3 Å². The highest BCUT2D eigenvalue weighted by molar-refractivity contribution is 7.90. The Hall–Kier alpha value is -1.18. The first-order chi connectivity index (χ1) is 8.29. The predicted molar refractivity (Wildman–Crippen MR) is 70.2 cm³/mol. The molecule has 3 N–H and O–H groups in total. The molecule has 8 heteroatoms. The fourth-order valence-electron chi connectivity index (χ4n) is 1.18. The summed E-state index contributed by atoms with van der Waals surface area (Å²) in [4.78, 5) is 15.5. The van der Waals surface area contributed by atoms with Gasteiger partial charge >= 0.3 is 0 Å². The van der Waals surface area contributed by atoms with E-state index in [9.17, 15) is 13.2 Å². The summed E-state index contributed by atoms with van der Waals surface area (Å²) in [5, 5.41) is 2.65. The predicted octanol–water partition coefficient (Wildman–Crippen LogP) is 0.436. The Morgan fingerprint density at radius 1 is 1.61 bits per heavy atom. The SMILES string of the molecule is CS(=O)(=O)CCC(N)C(=O)Nc1cccnc1Cl. The van der Waals surface area contributed by atoms with Crippen LogP contribution in [0.25, 0.3) is 0 Å². The van der Waals surface area contributed by atoms with Crippen LogP contribution in [0, 0.1) is 0 Å². The second-order valence-electron chi connectivity index (χ2n) is 3.86. The maximum atomic E-state index is 11.7. The standard InChI is InChI=1S/C10H14ClN3O3S/c1-18(16,17)6-4-7(12)10(15)14-8-3-2-5-13-9(8)11/h2-3,5,7H,4,6,12H2,1H3,(H,14,15). The van der Waals surface area contributed by atoms with Crippen LogP contribution >= 0.6 is 11.6 Å². The van der Waals surface area contributed by atoms with Gasteiger partial charge in [0.25, 0.3) is 0 Å². The average molecular weight is 292 g/mol. The average Bonchev–Trinajstić information content (AvgIpc) is 2.28. The molecule has 0 saturated carbocycles. The number of nitrogens with one attached hydrogen (secondary N) is 1. The summed E-state index contributed by atoms with van der Waals surface area (Å²) < 4.78 is 21.9. The van der Waals surface area contributed by atoms with Gasteiger partial charge in [0.15, 0.2) is 5.15 Å². The number of nitrogens with two attached hydrogens (primary N) is 1. The van der Waals surface area contributed by atoms with Gasteiger partial charge in [0.2, 0.25) is 5.91 Å². The van der Waals surface area contributed by atoms with Gasteiger partial charge in [-0.3, -0.25) is 4.79 Å². The maximum absolute atomic E-state index is 11.7. The van der Waals surface area contributed by atoms with Crippen molar-refractivity contribution >= 4 is 33.0 Å². The number of anilines is 1. The summed E-state index contributed by atoms with van der Waals surface area (Å²) in [7, 11) is -3.13. The zero-order valence-corrected chi connectivity index (χ0v) is 11.3. The van der Waals surface area contributed by atoms with Crippen molar-refractivity contribution in [3.05, 3.63) is 23.5 Å². The number of hydrogen-bond donors (Lipinski definition) is 2. The molecule has 1 heterocycles. The molecule has 1 rings (SSSR count). The Balaban J connectivity index is 2.58. The number of amides is 1. The largest absolute Gasteiger partial charge is 0.322 e. The van der Waals surface area contributed by atoms with E-state index in [1.54, 1.807) is 12.1 Å². The Kier molecular flexibility index (Phi) is 5.06. The van der Waals surface area contributed by atoms with Crippen molar-refractivity contribution in [1.29, 1.82) is 0 Å². The minimum atomic E-state index is -3.13. The number of rotatable bonds is 5. The fraction of sp³-hybridized carbons (Fsp3) is 0.400. The minimum Gasteiger partial charge on any atom is -0.322 e. The number of nitrogens with zero attached hydrogens (tertiary/aromatic N) is 1. The third kappa shape index (κ3) is 4.99. The lowest BCUT2D eigenvalue weighted by Gasteiger charge is -2.12. The molecule has 0 aliphatic rings. The molecule has 1 amide bonds. The number of carbonyl (C=O) groups excluding carboxylic acids is 1. The first-order valence-corrected chi connectivity index (χ1v) is 7.58. The van der Waals surface area contributed by atoms with Gasteiger partial charge in [-0.1, -0.05) is 11.6 Å². The lowest BCUT2D eigenvalue weighted by atomic mass is 10.2. The van der Waals surface area contributed by atoms with Crippen LogP contribution in [0.5, 0.6) is 0 Å². The fourth-order valence-corrected chi connectivity index (χ4v) is 2.03. The smallest absolute Gasteiger partial charge is 0.241 e. The van der Waals surface area contributed by atoms with Crippen LogP contribution in [0.4, 0.5) is 5.69 Å². The van der Waals surface area contributed by atoms with Gasteiger partial charge in [-0.2, -0.15) is 0 Å². The Morgan fingerprint density at radius 3 is 2.83 bits per heavy atom. The second kappa shape index (κ2) is 6.12. The molecule has 0 aliphatic heterocycles. The van der Waals surface area contributed by atoms with E-state index >= 15 is 0 Å². The van der Waals surface area contributed by atoms with Gasteiger partial charge in [0.05, 0.1) is 17.5 Å². The maximum Gasteiger partial charge on any atom is 0.241 e. The quantitative estimate of drug-likeness (QED) is 0.766. The molecule has 0 aromatic carbocycles. The summed E-state index contributed by atoms with van der Waals surface area (Å²) in [5.41, 5.74) is 5.93. The van der Waals surface area contributed by atoms with Crippen molar-refractivity contribution in [2.45, 2.75) is 12.5 Å². The van der Waals surface area contributed by atoms with Crippen LogP contribution in [0.1, 0.15) is 6.42 Å². The molecule has 1 aromatic rings. The van der Waals surface area contributed by atoms with E-state index in [0.717, 1.165) is 6.26 Å². The van der Waals surface area contributed by atoms with Crippen LogP contribution in [0.3, 0.4) is 0 Å². The molecular formula is C10H14ClN3O3S. The highest BCUT2D eigenvalue weighted by atomic mass is 35.5. The Morgan fingerprint density at radius 2 is 2.28 bits per heavy atom. The van der Waals surface area contributed by atoms with Gasteiger partial charge in [-0.25, -0.2) is 13.4 Å². The van der Waals surface area contributed by atoms with E-state index in [1.165, 1.54) is 6.20 Å². The van der Waals surface area contributed by atoms with Crippen molar-refractivity contribution in [2.24, 2.45) is 5.73 Å². The molecule has 0 spiro atoms. The second-order valence-corrected chi connectivity index (χ2v) is 6.47. The molecule has 100 valence electrons. The molecule has 0 fully saturated rings. The number of sulfone groups is 1. The first kappa shape index (κ1) is 14.9. The molecular weight excluding hydrogens is 278 g/mol. The van der Waals surface area contributed by atoms with Gasteiger partial charge in [0, 0.05) is 12.5 Å². The van der Waals surface area contributed by atoms with E-state index in [-0.39, 0.29) is 17.3 Å². The third-order valence-electron chi connectivity index (χ3n) is 2.15. The molecule has 0 saturated heterocycles. The number of hydrogen-bond acceptors (Lipinski definition) is 5. The topological polar surface area (TPSA) is 102 Å². The summed E-state index contributed by atoms with van der Waals surface area (Å²) >= 11 is 5.76. The van der Waals surface area contributed by atoms with E-state index < -0.39 is 21.8 Å². The van der Waals surface area contributed by atoms with E-state index in [2.05, 4.69) is 10.3 Å². The van der Waals surface area contributed by atoms with Crippen LogP contribution < -0.4 is 11.1 Å². The summed E-state index contributed by atoms with van der Waals surface area (Å²) in [6.45, 7) is 0. The van der Waals surface area contributed by atoms with Crippen molar-refractivity contribution in [1.82, 2.24) is 4.98 Å². The van der Waals surface area contributed by atoms with Gasteiger partial charge in [0.1, 0.15) is 9.84 Å². The highest BCUT2D eigenvalue weighted by Crippen LogP contribution is 2.17. The normalized spacial score (nSPS) is 13.1. The molecule has 1 unspecified atom stereocenters. The number of carbonyl (C=O) groups is 1. The first-order valence-electron chi connectivity index (χ1n) is 5.14. The van der Waals surface area contributed by atoms with Crippen LogP contribution in [0.15, 0.2) is 18.3 Å². The summed E-state index contributed by atoms with van der Waals surface area (Å²) in [5.74, 6) is -0.629. The number of aromatic nitrogens is 1. The van der Waals surface area contributed by atoms with Crippen molar-refractivity contribution in [3.8, 4) is 0 Å². The van der Waals surface area contributed by atoms with Gasteiger partial charge in [-0.15, -0.1) is 0 Å². The Bertz CT molecular complexity index is 533. The summed E-state index contributed by atoms with van der Waals surface area (Å²) in [6.07, 6.45) is 2.64. The van der Waals surface area contributed by atoms with Gasteiger partial charge < -0.3 is 11.1 Å². The van der Waals surface area contributed by atoms with E-state index in [1.807, 2.05) is 0 Å². The molecule has 0 bridgehead atoms. The minimum absolute atomic E-state index is 0.0581. The molecule has 18 heavy (non-hydrogen) atoms. The number of pyridine rings is 1. The molecule has 6 nitrogen and oxygen atoms in total. The molecule has 0 radical (unpaired) electrons. The lowest BCUT2D eigenvalue weighted by molar-refractivity contribution is -0.117. The summed E-state index contributed by atoms with van der Waals surface area (Å²) in [6, 6.07) is 2.29. The van der Waals surface area contributed by atoms with Crippen molar-refractivity contribution < 1.29 is 13.2 Å². The van der Waals surface area contributed by atoms with Crippen molar-refractivity contribution in [3.63, 3.8) is 0 Å². The zero-order valence-electron chi connectivity index (χ0n) is 9.76. The van der Waals surface area contributed by atoms with Crippen LogP contribution in [-0.4, -0.2) is 37.4 Å². The third-order valence-corrected chi connectivity index (χ3v) is 3.43. The molecule has 1 atom stereocenters. The zero-order chi connectivity index (χ0) is 13.8. The van der Waals surface area contributed by atoms with E-state index in [0.29, 0.717) is 5.69 Å². The monoisotopic (exact) mass is 291 g/mol. The van der Waals surface area contributed by atoms with Crippen LogP contribution in [-0.2, 0) is 14.6 Å².